The molecule has 0 aliphatic heterocycles. The van der Waals surface area contributed by atoms with E-state index in [2.05, 4.69) is 62.3 Å². The molecule has 0 saturated carbocycles. The summed E-state index contributed by atoms with van der Waals surface area (Å²) in [6.07, 6.45) is 3.41. The summed E-state index contributed by atoms with van der Waals surface area (Å²) in [4.78, 5) is 16.8. The molecule has 0 saturated heterocycles. The summed E-state index contributed by atoms with van der Waals surface area (Å²) in [5.41, 5.74) is 5.64. The van der Waals surface area contributed by atoms with Crippen LogP contribution in [0.3, 0.4) is 0 Å². The van der Waals surface area contributed by atoms with Crippen LogP contribution in [0.1, 0.15) is 43.2 Å². The predicted octanol–water partition coefficient (Wildman–Crippen LogP) is 5.75. The number of aromatic nitrogens is 1. The van der Waals surface area contributed by atoms with Gasteiger partial charge in [0.1, 0.15) is 5.01 Å². The van der Waals surface area contributed by atoms with Crippen LogP contribution in [0.15, 0.2) is 60.0 Å². The first-order valence-electron chi connectivity index (χ1n) is 9.40. The molecule has 4 heteroatoms. The molecule has 3 aromatic rings. The Kier molecular flexibility index (Phi) is 6.10. The SMILES string of the molecule is Cc1ccccc1-c1nc(CNC(=O)/C=C/c2ccc(C(C)(C)C)cc2)cs1. The van der Waals surface area contributed by atoms with E-state index in [9.17, 15) is 4.79 Å². The molecule has 28 heavy (non-hydrogen) atoms. The summed E-state index contributed by atoms with van der Waals surface area (Å²) in [5.74, 6) is -0.120. The van der Waals surface area contributed by atoms with Crippen molar-refractivity contribution < 1.29 is 4.79 Å². The highest BCUT2D eigenvalue weighted by atomic mass is 32.1. The van der Waals surface area contributed by atoms with Gasteiger partial charge in [0, 0.05) is 17.0 Å². The lowest BCUT2D eigenvalue weighted by Crippen LogP contribution is -2.20. The largest absolute Gasteiger partial charge is 0.347 e. The van der Waals surface area contributed by atoms with Crippen molar-refractivity contribution in [1.82, 2.24) is 10.3 Å². The molecule has 1 N–H and O–H groups in total. The molecule has 144 valence electrons. The van der Waals surface area contributed by atoms with Crippen molar-refractivity contribution in [2.75, 3.05) is 0 Å². The summed E-state index contributed by atoms with van der Waals surface area (Å²) in [6.45, 7) is 9.07. The molecule has 0 aliphatic carbocycles. The smallest absolute Gasteiger partial charge is 0.244 e. The highest BCUT2D eigenvalue weighted by molar-refractivity contribution is 7.13. The zero-order chi connectivity index (χ0) is 20.1. The van der Waals surface area contributed by atoms with E-state index in [1.165, 1.54) is 11.1 Å². The maximum Gasteiger partial charge on any atom is 0.244 e. The van der Waals surface area contributed by atoms with Gasteiger partial charge in [-0.15, -0.1) is 11.3 Å². The second-order valence-electron chi connectivity index (χ2n) is 7.88. The fourth-order valence-electron chi connectivity index (χ4n) is 2.83. The van der Waals surface area contributed by atoms with E-state index in [1.807, 2.05) is 35.7 Å². The van der Waals surface area contributed by atoms with Crippen LogP contribution in [-0.2, 0) is 16.8 Å². The number of hydrogen-bond donors (Lipinski definition) is 1. The fraction of sp³-hybridized carbons (Fsp3) is 0.250. The van der Waals surface area contributed by atoms with Gasteiger partial charge in [-0.3, -0.25) is 4.79 Å². The van der Waals surface area contributed by atoms with E-state index >= 15 is 0 Å². The van der Waals surface area contributed by atoms with E-state index in [0.29, 0.717) is 6.54 Å². The molecule has 2 aromatic carbocycles. The quantitative estimate of drug-likeness (QED) is 0.564. The minimum Gasteiger partial charge on any atom is -0.347 e. The molecule has 0 atom stereocenters. The molecule has 3 rings (SSSR count). The van der Waals surface area contributed by atoms with E-state index < -0.39 is 0 Å². The Morgan fingerprint density at radius 3 is 2.50 bits per heavy atom. The zero-order valence-electron chi connectivity index (χ0n) is 16.8. The molecule has 0 aliphatic rings. The van der Waals surface area contributed by atoms with Crippen LogP contribution in [0.4, 0.5) is 0 Å². The average Bonchev–Trinajstić information content (AvgIpc) is 3.13. The number of benzene rings is 2. The van der Waals surface area contributed by atoms with Crippen LogP contribution < -0.4 is 5.32 Å². The number of nitrogens with zero attached hydrogens (tertiary/aromatic N) is 1. The van der Waals surface area contributed by atoms with Gasteiger partial charge in [-0.05, 0) is 35.1 Å². The molecule has 0 spiro atoms. The molecular formula is C24H26N2OS. The Hall–Kier alpha value is -2.72. The highest BCUT2D eigenvalue weighted by Crippen LogP contribution is 2.26. The number of carbonyl (C=O) groups excluding carboxylic acids is 1. The van der Waals surface area contributed by atoms with Crippen LogP contribution in [0.2, 0.25) is 0 Å². The van der Waals surface area contributed by atoms with E-state index in [1.54, 1.807) is 17.4 Å². The Labute approximate surface area is 171 Å². The summed E-state index contributed by atoms with van der Waals surface area (Å²) < 4.78 is 0. The molecule has 0 unspecified atom stereocenters. The van der Waals surface area contributed by atoms with Crippen molar-refractivity contribution in [2.24, 2.45) is 0 Å². The van der Waals surface area contributed by atoms with Crippen molar-refractivity contribution >= 4 is 23.3 Å². The van der Waals surface area contributed by atoms with Crippen LogP contribution in [-0.4, -0.2) is 10.9 Å². The number of carbonyl (C=O) groups is 1. The van der Waals surface area contributed by atoms with Crippen molar-refractivity contribution in [3.05, 3.63) is 82.4 Å². The number of aryl methyl sites for hydroxylation is 1. The number of thiazole rings is 1. The van der Waals surface area contributed by atoms with Gasteiger partial charge in [0.05, 0.1) is 12.2 Å². The molecule has 1 heterocycles. The van der Waals surface area contributed by atoms with Crippen LogP contribution >= 0.6 is 11.3 Å². The lowest BCUT2D eigenvalue weighted by molar-refractivity contribution is -0.116. The van der Waals surface area contributed by atoms with Crippen molar-refractivity contribution in [3.8, 4) is 10.6 Å². The fourth-order valence-corrected chi connectivity index (χ4v) is 3.74. The standard InChI is InChI=1S/C24H26N2OS/c1-17-7-5-6-8-21(17)23-26-20(16-28-23)15-25-22(27)14-11-18-9-12-19(13-10-18)24(2,3)4/h5-14,16H,15H2,1-4H3,(H,25,27)/b14-11+. The second-order valence-corrected chi connectivity index (χ2v) is 8.74. The minimum atomic E-state index is -0.120. The van der Waals surface area contributed by atoms with Crippen LogP contribution in [0.5, 0.6) is 0 Å². The number of amides is 1. The van der Waals surface area contributed by atoms with Gasteiger partial charge in [-0.25, -0.2) is 4.98 Å². The second kappa shape index (κ2) is 8.53. The maximum atomic E-state index is 12.1. The average molecular weight is 391 g/mol. The van der Waals surface area contributed by atoms with E-state index in [0.717, 1.165) is 21.8 Å². The summed E-state index contributed by atoms with van der Waals surface area (Å²) in [6, 6.07) is 16.5. The number of nitrogens with one attached hydrogen (secondary N) is 1. The molecule has 0 bridgehead atoms. The van der Waals surface area contributed by atoms with Crippen LogP contribution in [0, 0.1) is 6.92 Å². The first-order valence-corrected chi connectivity index (χ1v) is 10.3. The zero-order valence-corrected chi connectivity index (χ0v) is 17.6. The summed E-state index contributed by atoms with van der Waals surface area (Å²) >= 11 is 1.60. The van der Waals surface area contributed by atoms with Crippen LogP contribution in [0.25, 0.3) is 16.6 Å². The Morgan fingerprint density at radius 2 is 1.82 bits per heavy atom. The van der Waals surface area contributed by atoms with Gasteiger partial charge >= 0.3 is 0 Å². The van der Waals surface area contributed by atoms with Gasteiger partial charge in [0.15, 0.2) is 0 Å². The van der Waals surface area contributed by atoms with Gasteiger partial charge in [-0.2, -0.15) is 0 Å². The molecule has 1 amide bonds. The lowest BCUT2D eigenvalue weighted by atomic mass is 9.87. The molecular weight excluding hydrogens is 364 g/mol. The molecule has 0 fully saturated rings. The first-order chi connectivity index (χ1) is 13.3. The molecule has 0 radical (unpaired) electrons. The Morgan fingerprint density at radius 1 is 1.11 bits per heavy atom. The third-order valence-electron chi connectivity index (χ3n) is 4.57. The maximum absolute atomic E-state index is 12.1. The van der Waals surface area contributed by atoms with Crippen molar-refractivity contribution in [2.45, 2.75) is 39.7 Å². The van der Waals surface area contributed by atoms with Crippen molar-refractivity contribution in [1.29, 1.82) is 0 Å². The normalized spacial score (nSPS) is 11.7. The van der Waals surface area contributed by atoms with Gasteiger partial charge < -0.3 is 5.32 Å². The monoisotopic (exact) mass is 390 g/mol. The molecule has 1 aromatic heterocycles. The van der Waals surface area contributed by atoms with E-state index in [-0.39, 0.29) is 11.3 Å². The van der Waals surface area contributed by atoms with Crippen molar-refractivity contribution in [3.63, 3.8) is 0 Å². The third kappa shape index (κ3) is 5.17. The number of hydrogen-bond acceptors (Lipinski definition) is 3. The van der Waals surface area contributed by atoms with E-state index in [4.69, 9.17) is 0 Å². The third-order valence-corrected chi connectivity index (χ3v) is 5.50. The minimum absolute atomic E-state index is 0.120. The Balaban J connectivity index is 1.56. The lowest BCUT2D eigenvalue weighted by Gasteiger charge is -2.18. The molecule has 3 nitrogen and oxygen atoms in total. The number of rotatable bonds is 5. The highest BCUT2D eigenvalue weighted by Gasteiger charge is 2.12. The topological polar surface area (TPSA) is 42.0 Å². The van der Waals surface area contributed by atoms with Gasteiger partial charge in [0.2, 0.25) is 5.91 Å². The summed E-state index contributed by atoms with van der Waals surface area (Å²) in [5, 5.41) is 5.88. The van der Waals surface area contributed by atoms with Gasteiger partial charge in [-0.1, -0.05) is 69.3 Å². The van der Waals surface area contributed by atoms with Gasteiger partial charge in [0.25, 0.3) is 0 Å². The summed E-state index contributed by atoms with van der Waals surface area (Å²) in [7, 11) is 0. The first kappa shape index (κ1) is 20.0. The predicted molar refractivity (Wildman–Crippen MR) is 118 cm³/mol. The Bertz CT molecular complexity index is 978.